The van der Waals surface area contributed by atoms with E-state index in [1.807, 2.05) is 58.0 Å². The first-order chi connectivity index (χ1) is 10.8. The molecule has 0 spiro atoms. The van der Waals surface area contributed by atoms with Crippen molar-refractivity contribution < 1.29 is 18.8 Å². The van der Waals surface area contributed by atoms with Crippen LogP contribution in [0.4, 0.5) is 4.79 Å². The Morgan fingerprint density at radius 3 is 2.26 bits per heavy atom. The molecule has 0 atom stereocenters. The Kier molecular flexibility index (Phi) is 3.98. The minimum absolute atomic E-state index is 0.338. The molecule has 1 aromatic rings. The maximum absolute atomic E-state index is 11.8. The molecule has 6 heteroatoms. The molecule has 2 heterocycles. The van der Waals surface area contributed by atoms with Gasteiger partial charge in [-0.25, -0.2) is 4.79 Å². The second-order valence-corrected chi connectivity index (χ2v) is 6.85. The molecule has 0 N–H and O–H groups in total. The van der Waals surface area contributed by atoms with Crippen LogP contribution in [0, 0.1) is 0 Å². The summed E-state index contributed by atoms with van der Waals surface area (Å²) in [6.07, 6.45) is 1.45. The molecule has 2 fully saturated rings. The zero-order valence-corrected chi connectivity index (χ0v) is 14.0. The first kappa shape index (κ1) is 16.1. The van der Waals surface area contributed by atoms with Crippen molar-refractivity contribution in [3.8, 4) is 0 Å². The summed E-state index contributed by atoms with van der Waals surface area (Å²) in [6, 6.07) is 9.83. The van der Waals surface area contributed by atoms with Gasteiger partial charge in [-0.2, -0.15) is 0 Å². The number of carbonyl (C=O) groups excluding carboxylic acids is 1. The molecule has 0 aliphatic carbocycles. The molecule has 2 aliphatic rings. The molecular weight excluding hydrogens is 293 g/mol. The normalized spacial score (nSPS) is 23.3. The number of nitrogens with zero attached hydrogens (tertiary/aromatic N) is 1. The molecule has 3 rings (SSSR count). The second kappa shape index (κ2) is 5.69. The van der Waals surface area contributed by atoms with Gasteiger partial charge in [0.25, 0.3) is 0 Å². The molecule has 0 radical (unpaired) electrons. The van der Waals surface area contributed by atoms with Crippen molar-refractivity contribution in [2.75, 3.05) is 13.2 Å². The predicted molar refractivity (Wildman–Crippen MR) is 88.6 cm³/mol. The van der Waals surface area contributed by atoms with Gasteiger partial charge in [0.2, 0.25) is 0 Å². The van der Waals surface area contributed by atoms with Crippen molar-refractivity contribution >= 4 is 18.7 Å². The molecular formula is C17H22BNO4. The lowest BCUT2D eigenvalue weighted by Gasteiger charge is -2.32. The van der Waals surface area contributed by atoms with Crippen molar-refractivity contribution in [1.29, 1.82) is 0 Å². The standard InChI is InChI=1S/C17H22BNO4/c1-16(2)17(3,4)23-18(22-16)14(13-8-6-5-7-9-13)12-19-10-11-21-15(19)20/h5-9,12H,10-11H2,1-4H3/b14-12+. The van der Waals surface area contributed by atoms with Crippen molar-refractivity contribution in [3.05, 3.63) is 42.1 Å². The van der Waals surface area contributed by atoms with Gasteiger partial charge < -0.3 is 14.0 Å². The van der Waals surface area contributed by atoms with Crippen LogP contribution in [0.15, 0.2) is 36.5 Å². The molecule has 1 amide bonds. The van der Waals surface area contributed by atoms with Crippen LogP contribution in [0.2, 0.25) is 0 Å². The minimum Gasteiger partial charge on any atom is -0.447 e. The van der Waals surface area contributed by atoms with Gasteiger partial charge in [0.05, 0.1) is 17.7 Å². The molecule has 0 aromatic heterocycles. The zero-order valence-electron chi connectivity index (χ0n) is 14.0. The van der Waals surface area contributed by atoms with Crippen LogP contribution in [0.1, 0.15) is 33.3 Å². The zero-order chi connectivity index (χ0) is 16.7. The van der Waals surface area contributed by atoms with Gasteiger partial charge in [-0.05, 0) is 33.3 Å². The van der Waals surface area contributed by atoms with Gasteiger partial charge in [0, 0.05) is 11.7 Å². The van der Waals surface area contributed by atoms with E-state index in [0.29, 0.717) is 13.2 Å². The molecule has 2 saturated heterocycles. The van der Waals surface area contributed by atoms with Gasteiger partial charge in [0.1, 0.15) is 6.61 Å². The van der Waals surface area contributed by atoms with E-state index in [0.717, 1.165) is 11.0 Å². The van der Waals surface area contributed by atoms with Crippen LogP contribution in [0.5, 0.6) is 0 Å². The Balaban J connectivity index is 1.97. The summed E-state index contributed by atoms with van der Waals surface area (Å²) in [5.41, 5.74) is 0.919. The van der Waals surface area contributed by atoms with Crippen molar-refractivity contribution in [2.24, 2.45) is 0 Å². The molecule has 0 bridgehead atoms. The Labute approximate surface area is 137 Å². The van der Waals surface area contributed by atoms with E-state index in [1.54, 1.807) is 11.1 Å². The van der Waals surface area contributed by atoms with Crippen molar-refractivity contribution in [1.82, 2.24) is 4.90 Å². The number of amides is 1. The summed E-state index contributed by atoms with van der Waals surface area (Å²) in [5.74, 6) is 0. The lowest BCUT2D eigenvalue weighted by molar-refractivity contribution is 0.00578. The summed E-state index contributed by atoms with van der Waals surface area (Å²) >= 11 is 0. The monoisotopic (exact) mass is 315 g/mol. The third-order valence-corrected chi connectivity index (χ3v) is 4.70. The number of carbonyl (C=O) groups is 1. The van der Waals surface area contributed by atoms with E-state index in [2.05, 4.69) is 0 Å². The van der Waals surface area contributed by atoms with Crippen LogP contribution in [0.3, 0.4) is 0 Å². The molecule has 1 aromatic carbocycles. The number of benzene rings is 1. The Hall–Kier alpha value is -1.79. The number of cyclic esters (lactones) is 1. The third-order valence-electron chi connectivity index (χ3n) is 4.70. The molecule has 0 unspecified atom stereocenters. The van der Waals surface area contributed by atoms with E-state index in [9.17, 15) is 4.79 Å². The van der Waals surface area contributed by atoms with Crippen LogP contribution < -0.4 is 0 Å². The lowest BCUT2D eigenvalue weighted by atomic mass is 9.74. The highest BCUT2D eigenvalue weighted by Crippen LogP contribution is 2.40. The first-order valence-electron chi connectivity index (χ1n) is 7.86. The molecule has 0 saturated carbocycles. The van der Waals surface area contributed by atoms with Crippen molar-refractivity contribution in [3.63, 3.8) is 0 Å². The highest BCUT2D eigenvalue weighted by atomic mass is 16.7. The van der Waals surface area contributed by atoms with Crippen molar-refractivity contribution in [2.45, 2.75) is 38.9 Å². The Morgan fingerprint density at radius 1 is 1.13 bits per heavy atom. The molecule has 122 valence electrons. The molecule has 2 aliphatic heterocycles. The average molecular weight is 315 g/mol. The fourth-order valence-electron chi connectivity index (χ4n) is 2.56. The van der Waals surface area contributed by atoms with E-state index < -0.39 is 18.3 Å². The average Bonchev–Trinajstić information content (AvgIpc) is 2.98. The number of rotatable bonds is 3. The van der Waals surface area contributed by atoms with Crippen LogP contribution in [0.25, 0.3) is 5.47 Å². The van der Waals surface area contributed by atoms with Crippen LogP contribution in [-0.2, 0) is 14.0 Å². The highest BCUT2D eigenvalue weighted by molar-refractivity contribution is 6.68. The quantitative estimate of drug-likeness (QED) is 0.804. The maximum Gasteiger partial charge on any atom is 0.496 e. The van der Waals surface area contributed by atoms with E-state index in [-0.39, 0.29) is 6.09 Å². The SMILES string of the molecule is CC1(C)OB(/C(=C/N2CCOC2=O)c2ccccc2)OC1(C)C. The number of hydrogen-bond acceptors (Lipinski definition) is 4. The van der Waals surface area contributed by atoms with Crippen LogP contribution in [-0.4, -0.2) is 42.5 Å². The van der Waals surface area contributed by atoms with Crippen LogP contribution >= 0.6 is 0 Å². The number of ether oxygens (including phenoxy) is 1. The fraction of sp³-hybridized carbons (Fsp3) is 0.471. The fourth-order valence-corrected chi connectivity index (χ4v) is 2.56. The third kappa shape index (κ3) is 3.01. The van der Waals surface area contributed by atoms with E-state index in [4.69, 9.17) is 14.0 Å². The summed E-state index contributed by atoms with van der Waals surface area (Å²) in [5, 5.41) is 0. The summed E-state index contributed by atoms with van der Waals surface area (Å²) in [4.78, 5) is 13.4. The smallest absolute Gasteiger partial charge is 0.447 e. The van der Waals surface area contributed by atoms with Gasteiger partial charge in [-0.15, -0.1) is 0 Å². The van der Waals surface area contributed by atoms with E-state index >= 15 is 0 Å². The number of hydrogen-bond donors (Lipinski definition) is 0. The largest absolute Gasteiger partial charge is 0.496 e. The first-order valence-corrected chi connectivity index (χ1v) is 7.86. The van der Waals surface area contributed by atoms with Gasteiger partial charge in [-0.1, -0.05) is 30.3 Å². The summed E-state index contributed by atoms with van der Waals surface area (Å²) in [7, 11) is -0.532. The molecule has 5 nitrogen and oxygen atoms in total. The van der Waals surface area contributed by atoms with E-state index in [1.165, 1.54) is 0 Å². The van der Waals surface area contributed by atoms with Gasteiger partial charge in [-0.3, -0.25) is 4.90 Å². The maximum atomic E-state index is 11.8. The Bertz CT molecular complexity index is 611. The lowest BCUT2D eigenvalue weighted by Crippen LogP contribution is -2.41. The summed E-state index contributed by atoms with van der Waals surface area (Å²) in [6.45, 7) is 8.99. The summed E-state index contributed by atoms with van der Waals surface area (Å²) < 4.78 is 17.3. The topological polar surface area (TPSA) is 48.0 Å². The Morgan fingerprint density at radius 2 is 1.74 bits per heavy atom. The van der Waals surface area contributed by atoms with Gasteiger partial charge in [0.15, 0.2) is 0 Å². The highest BCUT2D eigenvalue weighted by Gasteiger charge is 2.52. The molecule has 23 heavy (non-hydrogen) atoms. The minimum atomic E-state index is -0.532. The van der Waals surface area contributed by atoms with Gasteiger partial charge >= 0.3 is 13.2 Å². The predicted octanol–water partition coefficient (Wildman–Crippen LogP) is 3.11. The second-order valence-electron chi connectivity index (χ2n) is 6.85.